The molecule has 0 unspecified atom stereocenters. The van der Waals surface area contributed by atoms with Gasteiger partial charge in [0.2, 0.25) is 11.6 Å². The van der Waals surface area contributed by atoms with Crippen molar-refractivity contribution in [3.8, 4) is 11.9 Å². The Hall–Kier alpha value is -1.90. The maximum absolute atomic E-state index is 8.43. The zero-order valence-corrected chi connectivity index (χ0v) is 5.77. The molecule has 0 amide bonds. The van der Waals surface area contributed by atoms with Gasteiger partial charge in [0, 0.05) is 0 Å². The first-order chi connectivity index (χ1) is 5.27. The van der Waals surface area contributed by atoms with Crippen LogP contribution in [0.2, 0.25) is 0 Å². The molecule has 1 aromatic heterocycles. The van der Waals surface area contributed by atoms with Gasteiger partial charge < -0.3 is 10.5 Å². The molecule has 0 bridgehead atoms. The summed E-state index contributed by atoms with van der Waals surface area (Å²) in [7, 11) is 1.38. The van der Waals surface area contributed by atoms with Gasteiger partial charge in [0.1, 0.15) is 6.07 Å². The molecule has 2 N–H and O–H groups in total. The minimum Gasteiger partial charge on any atom is -0.479 e. The summed E-state index contributed by atoms with van der Waals surface area (Å²) < 4.78 is 4.70. The molecule has 0 saturated carbocycles. The highest BCUT2D eigenvalue weighted by molar-refractivity contribution is 5.32. The Bertz CT molecular complexity index is 304. The Kier molecular flexibility index (Phi) is 1.83. The highest BCUT2D eigenvalue weighted by atomic mass is 16.5. The highest BCUT2D eigenvalue weighted by Gasteiger charge is 2.05. The van der Waals surface area contributed by atoms with E-state index in [9.17, 15) is 0 Å². The molecular weight excluding hydrogens is 146 g/mol. The van der Waals surface area contributed by atoms with Crippen molar-refractivity contribution in [3.63, 3.8) is 0 Å². The first-order valence-electron chi connectivity index (χ1n) is 2.72. The van der Waals surface area contributed by atoms with Crippen LogP contribution in [-0.2, 0) is 0 Å². The van der Waals surface area contributed by atoms with Crippen molar-refractivity contribution in [2.75, 3.05) is 12.8 Å². The first-order valence-corrected chi connectivity index (χ1v) is 2.72. The SMILES string of the molecule is COc1nc(N)nnc1C#N. The van der Waals surface area contributed by atoms with Gasteiger partial charge in [-0.2, -0.15) is 10.2 Å². The van der Waals surface area contributed by atoms with Crippen LogP contribution in [-0.4, -0.2) is 22.3 Å². The molecule has 11 heavy (non-hydrogen) atoms. The van der Waals surface area contributed by atoms with Gasteiger partial charge in [-0.1, -0.05) is 0 Å². The van der Waals surface area contributed by atoms with Gasteiger partial charge in [-0.05, 0) is 0 Å². The van der Waals surface area contributed by atoms with Crippen LogP contribution in [0.1, 0.15) is 5.69 Å². The number of ether oxygens (including phenoxy) is 1. The monoisotopic (exact) mass is 151 g/mol. The quantitative estimate of drug-likeness (QED) is 0.571. The van der Waals surface area contributed by atoms with E-state index in [0.717, 1.165) is 0 Å². The van der Waals surface area contributed by atoms with E-state index in [1.165, 1.54) is 7.11 Å². The van der Waals surface area contributed by atoms with Crippen LogP contribution in [0.15, 0.2) is 0 Å². The second-order valence-corrected chi connectivity index (χ2v) is 1.64. The Morgan fingerprint density at radius 2 is 2.27 bits per heavy atom. The Balaban J connectivity index is 3.19. The van der Waals surface area contributed by atoms with Crippen LogP contribution in [0.4, 0.5) is 5.95 Å². The molecule has 56 valence electrons. The molecule has 0 saturated heterocycles. The van der Waals surface area contributed by atoms with Crippen LogP contribution in [0.5, 0.6) is 5.88 Å². The Morgan fingerprint density at radius 3 is 2.82 bits per heavy atom. The van der Waals surface area contributed by atoms with E-state index in [2.05, 4.69) is 15.2 Å². The molecule has 0 aliphatic carbocycles. The average molecular weight is 151 g/mol. The minimum atomic E-state index is -0.0131. The summed E-state index contributed by atoms with van der Waals surface area (Å²) in [6.07, 6.45) is 0. The maximum Gasteiger partial charge on any atom is 0.256 e. The van der Waals surface area contributed by atoms with Crippen molar-refractivity contribution in [2.24, 2.45) is 0 Å². The number of nitrogen functional groups attached to an aromatic ring is 1. The number of nitrogens with two attached hydrogens (primary N) is 1. The van der Waals surface area contributed by atoms with Crippen LogP contribution >= 0.6 is 0 Å². The van der Waals surface area contributed by atoms with Gasteiger partial charge in [-0.3, -0.25) is 0 Å². The van der Waals surface area contributed by atoms with E-state index in [4.69, 9.17) is 15.7 Å². The second kappa shape index (κ2) is 2.79. The number of anilines is 1. The normalized spacial score (nSPS) is 8.73. The molecule has 0 spiro atoms. The Labute approximate surface area is 62.6 Å². The average Bonchev–Trinajstić information content (AvgIpc) is 2.04. The van der Waals surface area contributed by atoms with Crippen molar-refractivity contribution < 1.29 is 4.74 Å². The predicted molar refractivity (Wildman–Crippen MR) is 35.5 cm³/mol. The maximum atomic E-state index is 8.43. The third-order valence-corrected chi connectivity index (χ3v) is 0.970. The van der Waals surface area contributed by atoms with Gasteiger partial charge in [-0.15, -0.1) is 10.2 Å². The molecule has 0 atom stereocenters. The fraction of sp³-hybridized carbons (Fsp3) is 0.200. The van der Waals surface area contributed by atoms with E-state index in [0.29, 0.717) is 0 Å². The largest absolute Gasteiger partial charge is 0.479 e. The summed E-state index contributed by atoms with van der Waals surface area (Å²) in [6, 6.07) is 1.76. The van der Waals surface area contributed by atoms with Crippen molar-refractivity contribution in [3.05, 3.63) is 5.69 Å². The third kappa shape index (κ3) is 1.32. The molecule has 0 aliphatic heterocycles. The summed E-state index contributed by atoms with van der Waals surface area (Å²) in [6.45, 7) is 0. The minimum absolute atomic E-state index is 0.0131. The topological polar surface area (TPSA) is 97.7 Å². The zero-order valence-electron chi connectivity index (χ0n) is 5.77. The molecule has 6 heteroatoms. The molecule has 0 radical (unpaired) electrons. The standard InChI is InChI=1S/C5H5N5O/c1-11-4-3(2-6)9-10-5(7)8-4/h1H3,(H2,7,8,10). The van der Waals surface area contributed by atoms with Crippen molar-refractivity contribution in [2.45, 2.75) is 0 Å². The van der Waals surface area contributed by atoms with Gasteiger partial charge in [0.05, 0.1) is 7.11 Å². The second-order valence-electron chi connectivity index (χ2n) is 1.64. The molecule has 1 rings (SSSR count). The number of rotatable bonds is 1. The molecular formula is C5H5N5O. The third-order valence-electron chi connectivity index (χ3n) is 0.970. The van der Waals surface area contributed by atoms with Crippen molar-refractivity contribution >= 4 is 5.95 Å². The van der Waals surface area contributed by atoms with E-state index < -0.39 is 0 Å². The van der Waals surface area contributed by atoms with Crippen LogP contribution in [0.25, 0.3) is 0 Å². The smallest absolute Gasteiger partial charge is 0.256 e. The van der Waals surface area contributed by atoms with Crippen LogP contribution in [0, 0.1) is 11.3 Å². The lowest BCUT2D eigenvalue weighted by molar-refractivity contribution is 0.392. The summed E-state index contributed by atoms with van der Waals surface area (Å²) in [5.74, 6) is 0.0841. The van der Waals surface area contributed by atoms with Gasteiger partial charge in [0.15, 0.2) is 0 Å². The predicted octanol–water partition coefficient (Wildman–Crippen LogP) is -0.666. The van der Waals surface area contributed by atoms with Gasteiger partial charge in [0.25, 0.3) is 5.88 Å². The van der Waals surface area contributed by atoms with Gasteiger partial charge >= 0.3 is 0 Å². The first kappa shape index (κ1) is 7.21. The molecule has 0 fully saturated rings. The molecule has 1 heterocycles. The number of aromatic nitrogens is 3. The van der Waals surface area contributed by atoms with Crippen LogP contribution < -0.4 is 10.5 Å². The van der Waals surface area contributed by atoms with Crippen molar-refractivity contribution in [1.82, 2.24) is 15.2 Å². The van der Waals surface area contributed by atoms with Crippen LogP contribution in [0.3, 0.4) is 0 Å². The lowest BCUT2D eigenvalue weighted by atomic mass is 10.5. The summed E-state index contributed by atoms with van der Waals surface area (Å²) in [5.41, 5.74) is 5.21. The molecule has 1 aromatic rings. The van der Waals surface area contributed by atoms with E-state index in [1.807, 2.05) is 0 Å². The lowest BCUT2D eigenvalue weighted by Gasteiger charge is -1.97. The Morgan fingerprint density at radius 1 is 1.55 bits per heavy atom. The van der Waals surface area contributed by atoms with Crippen molar-refractivity contribution in [1.29, 1.82) is 5.26 Å². The van der Waals surface area contributed by atoms with Gasteiger partial charge in [-0.25, -0.2) is 0 Å². The number of nitriles is 1. The summed E-state index contributed by atoms with van der Waals surface area (Å²) in [5, 5.41) is 15.2. The van der Waals surface area contributed by atoms with E-state index >= 15 is 0 Å². The number of methoxy groups -OCH3 is 1. The van der Waals surface area contributed by atoms with E-state index in [1.54, 1.807) is 6.07 Å². The number of hydrogen-bond acceptors (Lipinski definition) is 6. The fourth-order valence-electron chi connectivity index (χ4n) is 0.536. The highest BCUT2D eigenvalue weighted by Crippen LogP contribution is 2.09. The fourth-order valence-corrected chi connectivity index (χ4v) is 0.536. The molecule has 6 nitrogen and oxygen atoms in total. The number of nitrogens with zero attached hydrogens (tertiary/aromatic N) is 4. The zero-order chi connectivity index (χ0) is 8.27. The molecule has 0 aliphatic rings. The molecule has 0 aromatic carbocycles. The number of hydrogen-bond donors (Lipinski definition) is 1. The summed E-state index contributed by atoms with van der Waals surface area (Å²) in [4.78, 5) is 3.62. The summed E-state index contributed by atoms with van der Waals surface area (Å²) >= 11 is 0. The van der Waals surface area contributed by atoms with E-state index in [-0.39, 0.29) is 17.5 Å². The lowest BCUT2D eigenvalue weighted by Crippen LogP contribution is -2.02.